The van der Waals surface area contributed by atoms with Gasteiger partial charge in [0.15, 0.2) is 0 Å². The van der Waals surface area contributed by atoms with Gasteiger partial charge in [-0.1, -0.05) is 0 Å². The Labute approximate surface area is 120 Å². The molecule has 0 unspecified atom stereocenters. The van der Waals surface area contributed by atoms with E-state index in [1.165, 1.54) is 5.56 Å². The molecule has 0 saturated carbocycles. The van der Waals surface area contributed by atoms with E-state index in [0.29, 0.717) is 6.04 Å². The van der Waals surface area contributed by atoms with Gasteiger partial charge in [-0.05, 0) is 39.1 Å². The number of benzene rings is 1. The van der Waals surface area contributed by atoms with Gasteiger partial charge in [0.25, 0.3) is 0 Å². The quantitative estimate of drug-likeness (QED) is 0.908. The lowest BCUT2D eigenvalue weighted by molar-refractivity contribution is 0.266. The Morgan fingerprint density at radius 3 is 2.65 bits per heavy atom. The summed E-state index contributed by atoms with van der Waals surface area (Å²) in [5, 5.41) is 4.33. The van der Waals surface area contributed by atoms with E-state index in [9.17, 15) is 0 Å². The van der Waals surface area contributed by atoms with Crippen LogP contribution in [0.2, 0.25) is 0 Å². The zero-order valence-electron chi connectivity index (χ0n) is 12.9. The zero-order chi connectivity index (χ0) is 14.7. The molecule has 0 amide bonds. The van der Waals surface area contributed by atoms with Gasteiger partial charge in [-0.2, -0.15) is 0 Å². The highest BCUT2D eigenvalue weighted by atomic mass is 16.5. The Balaban J connectivity index is 2.44. The number of aromatic nitrogens is 1. The van der Waals surface area contributed by atoms with Gasteiger partial charge in [0, 0.05) is 36.7 Å². The third-order valence-corrected chi connectivity index (χ3v) is 3.64. The molecule has 20 heavy (non-hydrogen) atoms. The van der Waals surface area contributed by atoms with E-state index in [1.807, 2.05) is 19.2 Å². The summed E-state index contributed by atoms with van der Waals surface area (Å²) < 4.78 is 5.25. The van der Waals surface area contributed by atoms with Gasteiger partial charge in [0.1, 0.15) is 11.6 Å². The van der Waals surface area contributed by atoms with E-state index in [2.05, 4.69) is 43.2 Å². The first kappa shape index (κ1) is 14.6. The molecule has 4 heteroatoms. The number of rotatable bonds is 5. The summed E-state index contributed by atoms with van der Waals surface area (Å²) in [5.41, 5.74) is 2.16. The Kier molecular flexibility index (Phi) is 4.45. The second-order valence-electron chi connectivity index (χ2n) is 5.31. The Morgan fingerprint density at radius 2 is 2.05 bits per heavy atom. The molecule has 1 heterocycles. The fourth-order valence-electron chi connectivity index (χ4n) is 2.11. The minimum absolute atomic E-state index is 0.506. The molecule has 1 aromatic heterocycles. The highest BCUT2D eigenvalue weighted by Gasteiger charge is 2.11. The van der Waals surface area contributed by atoms with Gasteiger partial charge in [0.05, 0.1) is 12.6 Å². The first-order valence-corrected chi connectivity index (χ1v) is 6.90. The molecular formula is C16H23N3O. The van der Waals surface area contributed by atoms with Crippen molar-refractivity contribution in [2.75, 3.05) is 26.5 Å². The normalized spacial score (nSPS) is 11.3. The topological polar surface area (TPSA) is 37.4 Å². The van der Waals surface area contributed by atoms with Crippen LogP contribution in [0.25, 0.3) is 10.9 Å². The summed E-state index contributed by atoms with van der Waals surface area (Å²) in [7, 11) is 5.71. The van der Waals surface area contributed by atoms with Gasteiger partial charge in [-0.15, -0.1) is 0 Å². The molecule has 0 spiro atoms. The number of nitrogens with zero attached hydrogens (tertiary/aromatic N) is 2. The van der Waals surface area contributed by atoms with Gasteiger partial charge >= 0.3 is 0 Å². The average molecular weight is 273 g/mol. The largest absolute Gasteiger partial charge is 0.497 e. The summed E-state index contributed by atoms with van der Waals surface area (Å²) in [4.78, 5) is 7.00. The second kappa shape index (κ2) is 6.09. The van der Waals surface area contributed by atoms with Crippen LogP contribution in [-0.2, 0) is 6.54 Å². The molecule has 0 bridgehead atoms. The molecule has 0 saturated heterocycles. The van der Waals surface area contributed by atoms with Crippen molar-refractivity contribution >= 4 is 16.7 Å². The van der Waals surface area contributed by atoms with Crippen LogP contribution in [-0.4, -0.2) is 37.1 Å². The molecule has 0 radical (unpaired) electrons. The molecule has 2 aromatic rings. The maximum Gasteiger partial charge on any atom is 0.130 e. The van der Waals surface area contributed by atoms with Crippen molar-refractivity contribution in [3.05, 3.63) is 29.8 Å². The molecule has 2 rings (SSSR count). The first-order chi connectivity index (χ1) is 9.55. The standard InChI is InChI=1S/C16H23N3O/c1-11(2)19(4)10-13-8-12-6-7-14(20-5)9-15(12)18-16(13)17-3/h6-9,11H,10H2,1-5H3,(H,17,18). The molecule has 1 aromatic carbocycles. The van der Waals surface area contributed by atoms with E-state index in [1.54, 1.807) is 7.11 Å². The van der Waals surface area contributed by atoms with Crippen LogP contribution in [0.15, 0.2) is 24.3 Å². The number of methoxy groups -OCH3 is 1. The molecule has 0 aliphatic carbocycles. The minimum Gasteiger partial charge on any atom is -0.497 e. The lowest BCUT2D eigenvalue weighted by Crippen LogP contribution is -2.26. The Hall–Kier alpha value is -1.81. The van der Waals surface area contributed by atoms with Crippen molar-refractivity contribution in [1.82, 2.24) is 9.88 Å². The highest BCUT2D eigenvalue weighted by Crippen LogP contribution is 2.25. The molecular weight excluding hydrogens is 250 g/mol. The lowest BCUT2D eigenvalue weighted by Gasteiger charge is -2.22. The van der Waals surface area contributed by atoms with Crippen LogP contribution in [0.3, 0.4) is 0 Å². The number of pyridine rings is 1. The van der Waals surface area contributed by atoms with E-state index in [4.69, 9.17) is 9.72 Å². The number of hydrogen-bond acceptors (Lipinski definition) is 4. The number of anilines is 1. The minimum atomic E-state index is 0.506. The highest BCUT2D eigenvalue weighted by molar-refractivity contribution is 5.83. The Morgan fingerprint density at radius 1 is 1.30 bits per heavy atom. The Bertz CT molecular complexity index is 596. The van der Waals surface area contributed by atoms with Crippen LogP contribution in [0.4, 0.5) is 5.82 Å². The van der Waals surface area contributed by atoms with Crippen molar-refractivity contribution in [3.63, 3.8) is 0 Å². The van der Waals surface area contributed by atoms with Crippen LogP contribution in [0.5, 0.6) is 5.75 Å². The molecule has 0 aliphatic heterocycles. The van der Waals surface area contributed by atoms with Crippen molar-refractivity contribution < 1.29 is 4.74 Å². The molecule has 0 aliphatic rings. The SMILES string of the molecule is CNc1nc2cc(OC)ccc2cc1CN(C)C(C)C. The summed E-state index contributed by atoms with van der Waals surface area (Å²) in [6.07, 6.45) is 0. The van der Waals surface area contributed by atoms with Crippen molar-refractivity contribution in [3.8, 4) is 5.75 Å². The monoisotopic (exact) mass is 273 g/mol. The van der Waals surface area contributed by atoms with E-state index >= 15 is 0 Å². The molecule has 108 valence electrons. The summed E-state index contributed by atoms with van der Waals surface area (Å²) in [6, 6.07) is 8.70. The number of ether oxygens (including phenoxy) is 1. The molecule has 0 atom stereocenters. The lowest BCUT2D eigenvalue weighted by atomic mass is 10.1. The third-order valence-electron chi connectivity index (χ3n) is 3.64. The summed E-state index contributed by atoms with van der Waals surface area (Å²) >= 11 is 0. The second-order valence-corrected chi connectivity index (χ2v) is 5.31. The summed E-state index contributed by atoms with van der Waals surface area (Å²) in [5.74, 6) is 1.76. The number of nitrogens with one attached hydrogen (secondary N) is 1. The van der Waals surface area contributed by atoms with Gasteiger partial charge < -0.3 is 10.1 Å². The molecule has 0 fully saturated rings. The maximum absolute atomic E-state index is 5.25. The van der Waals surface area contributed by atoms with E-state index < -0.39 is 0 Å². The van der Waals surface area contributed by atoms with E-state index in [0.717, 1.165) is 29.0 Å². The van der Waals surface area contributed by atoms with Crippen molar-refractivity contribution in [2.24, 2.45) is 0 Å². The first-order valence-electron chi connectivity index (χ1n) is 6.90. The zero-order valence-corrected chi connectivity index (χ0v) is 12.9. The van der Waals surface area contributed by atoms with Gasteiger partial charge in [0.2, 0.25) is 0 Å². The van der Waals surface area contributed by atoms with Crippen LogP contribution in [0, 0.1) is 0 Å². The van der Waals surface area contributed by atoms with Crippen LogP contribution < -0.4 is 10.1 Å². The number of hydrogen-bond donors (Lipinski definition) is 1. The summed E-state index contributed by atoms with van der Waals surface area (Å²) in [6.45, 7) is 5.26. The van der Waals surface area contributed by atoms with E-state index in [-0.39, 0.29) is 0 Å². The smallest absolute Gasteiger partial charge is 0.130 e. The van der Waals surface area contributed by atoms with Crippen molar-refractivity contribution in [1.29, 1.82) is 0 Å². The molecule has 4 nitrogen and oxygen atoms in total. The molecule has 1 N–H and O–H groups in total. The third kappa shape index (κ3) is 3.02. The fraction of sp³-hybridized carbons (Fsp3) is 0.438. The average Bonchev–Trinajstić information content (AvgIpc) is 2.45. The van der Waals surface area contributed by atoms with Crippen LogP contribution >= 0.6 is 0 Å². The predicted molar refractivity (Wildman–Crippen MR) is 84.4 cm³/mol. The van der Waals surface area contributed by atoms with Gasteiger partial charge in [-0.3, -0.25) is 4.90 Å². The maximum atomic E-state index is 5.25. The van der Waals surface area contributed by atoms with Crippen LogP contribution in [0.1, 0.15) is 19.4 Å². The number of fused-ring (bicyclic) bond motifs is 1. The van der Waals surface area contributed by atoms with Crippen molar-refractivity contribution in [2.45, 2.75) is 26.4 Å². The fourth-order valence-corrected chi connectivity index (χ4v) is 2.11. The predicted octanol–water partition coefficient (Wildman–Crippen LogP) is 3.13. The van der Waals surface area contributed by atoms with Gasteiger partial charge in [-0.25, -0.2) is 4.98 Å².